The van der Waals surface area contributed by atoms with Gasteiger partial charge in [-0.15, -0.1) is 5.73 Å². The Morgan fingerprint density at radius 2 is 1.82 bits per heavy atom. The van der Waals surface area contributed by atoms with Gasteiger partial charge < -0.3 is 14.2 Å². The topological polar surface area (TPSA) is 44.8 Å². The summed E-state index contributed by atoms with van der Waals surface area (Å²) < 4.78 is 16.7. The molecule has 146 valence electrons. The number of ether oxygens (including phenoxy) is 3. The van der Waals surface area contributed by atoms with Crippen LogP contribution in [0.5, 0.6) is 11.5 Å². The summed E-state index contributed by atoms with van der Waals surface area (Å²) in [6.45, 7) is 5.75. The van der Waals surface area contributed by atoms with E-state index in [1.165, 1.54) is 0 Å². The molecular weight excluding hydrogens is 352 g/mol. The molecule has 0 saturated heterocycles. The summed E-state index contributed by atoms with van der Waals surface area (Å²) >= 11 is 0. The van der Waals surface area contributed by atoms with E-state index in [1.807, 2.05) is 36.4 Å². The first kappa shape index (κ1) is 19.8. The summed E-state index contributed by atoms with van der Waals surface area (Å²) in [6, 6.07) is 15.0. The quantitative estimate of drug-likeness (QED) is 0.373. The standard InChI is InChI=1S/C24H26O4/c1-18(2)10-11-19(21-12-13-22-23(17-21)27-16-15-26-22)9-6-14-28-24(25)20-7-4-3-5-8-20/h3-5,7-8,10,12-13,17-18H,6,9,14-16H2,1-2H3. The average molecular weight is 378 g/mol. The largest absolute Gasteiger partial charge is 0.486 e. The Kier molecular flexibility index (Phi) is 6.94. The van der Waals surface area contributed by atoms with E-state index in [0.29, 0.717) is 31.3 Å². The molecule has 28 heavy (non-hydrogen) atoms. The summed E-state index contributed by atoms with van der Waals surface area (Å²) in [7, 11) is 0. The Hall–Kier alpha value is -2.97. The van der Waals surface area contributed by atoms with E-state index in [-0.39, 0.29) is 5.97 Å². The van der Waals surface area contributed by atoms with Crippen molar-refractivity contribution in [3.8, 4) is 11.5 Å². The van der Waals surface area contributed by atoms with E-state index in [9.17, 15) is 4.79 Å². The minimum Gasteiger partial charge on any atom is -0.486 e. The molecule has 4 nitrogen and oxygen atoms in total. The molecule has 0 aliphatic carbocycles. The minimum absolute atomic E-state index is 0.289. The third-order valence-corrected chi connectivity index (χ3v) is 4.30. The number of rotatable bonds is 7. The van der Waals surface area contributed by atoms with Crippen LogP contribution in [0.1, 0.15) is 42.6 Å². The highest BCUT2D eigenvalue weighted by Gasteiger charge is 2.13. The first-order valence-corrected chi connectivity index (χ1v) is 9.71. The molecule has 1 aliphatic heterocycles. The highest BCUT2D eigenvalue weighted by molar-refractivity contribution is 5.89. The Balaban J connectivity index is 1.64. The summed E-state index contributed by atoms with van der Waals surface area (Å²) in [5.74, 6) is 1.66. The van der Waals surface area contributed by atoms with Gasteiger partial charge in [-0.05, 0) is 54.7 Å². The smallest absolute Gasteiger partial charge is 0.338 e. The zero-order valence-electron chi connectivity index (χ0n) is 16.4. The van der Waals surface area contributed by atoms with Gasteiger partial charge in [-0.25, -0.2) is 4.79 Å². The van der Waals surface area contributed by atoms with Crippen molar-refractivity contribution in [1.29, 1.82) is 0 Å². The second kappa shape index (κ2) is 9.82. The summed E-state index contributed by atoms with van der Waals surface area (Å²) in [5.41, 5.74) is 6.11. The molecule has 0 saturated carbocycles. The lowest BCUT2D eigenvalue weighted by Crippen LogP contribution is -2.15. The van der Waals surface area contributed by atoms with Crippen LogP contribution in [0, 0.1) is 5.92 Å². The predicted octanol–water partition coefficient (Wildman–Crippen LogP) is 5.29. The maximum Gasteiger partial charge on any atom is 0.338 e. The van der Waals surface area contributed by atoms with Crippen LogP contribution in [0.3, 0.4) is 0 Å². The van der Waals surface area contributed by atoms with Gasteiger partial charge in [0.2, 0.25) is 0 Å². The molecule has 0 bridgehead atoms. The monoisotopic (exact) mass is 378 g/mol. The number of fused-ring (bicyclic) bond motifs is 1. The minimum atomic E-state index is -0.289. The van der Waals surface area contributed by atoms with Gasteiger partial charge in [-0.3, -0.25) is 0 Å². The second-order valence-electron chi connectivity index (χ2n) is 7.00. The van der Waals surface area contributed by atoms with Crippen molar-refractivity contribution in [3.63, 3.8) is 0 Å². The van der Waals surface area contributed by atoms with Crippen molar-refractivity contribution < 1.29 is 19.0 Å². The van der Waals surface area contributed by atoms with Gasteiger partial charge >= 0.3 is 5.97 Å². The molecule has 0 aromatic heterocycles. The maximum atomic E-state index is 12.1. The number of allylic oxidation sites excluding steroid dienone is 1. The van der Waals surface area contributed by atoms with Crippen LogP contribution >= 0.6 is 0 Å². The second-order valence-corrected chi connectivity index (χ2v) is 7.00. The molecule has 0 unspecified atom stereocenters. The molecule has 1 heterocycles. The summed E-state index contributed by atoms with van der Waals surface area (Å²) in [4.78, 5) is 12.1. The van der Waals surface area contributed by atoms with Crippen molar-refractivity contribution >= 4 is 11.5 Å². The van der Waals surface area contributed by atoms with Crippen molar-refractivity contribution in [2.24, 2.45) is 5.92 Å². The number of hydrogen-bond donors (Lipinski definition) is 0. The Bertz CT molecular complexity index is 861. The third-order valence-electron chi connectivity index (χ3n) is 4.30. The van der Waals surface area contributed by atoms with Crippen LogP contribution in [0.15, 0.2) is 60.3 Å². The molecule has 0 amide bonds. The highest BCUT2D eigenvalue weighted by Crippen LogP contribution is 2.33. The van der Waals surface area contributed by atoms with E-state index in [0.717, 1.165) is 35.5 Å². The predicted molar refractivity (Wildman–Crippen MR) is 110 cm³/mol. The van der Waals surface area contributed by atoms with Crippen LogP contribution in [0.25, 0.3) is 5.57 Å². The highest BCUT2D eigenvalue weighted by atomic mass is 16.6. The number of carbonyl (C=O) groups is 1. The fourth-order valence-electron chi connectivity index (χ4n) is 2.87. The molecule has 3 rings (SSSR count). The van der Waals surface area contributed by atoms with E-state index in [1.54, 1.807) is 12.1 Å². The normalized spacial score (nSPS) is 12.2. The Morgan fingerprint density at radius 3 is 2.57 bits per heavy atom. The van der Waals surface area contributed by atoms with Gasteiger partial charge in [0.25, 0.3) is 0 Å². The Labute approximate surface area is 166 Å². The Morgan fingerprint density at radius 1 is 1.07 bits per heavy atom. The van der Waals surface area contributed by atoms with Crippen LogP contribution in [-0.2, 0) is 4.74 Å². The SMILES string of the molecule is CC(C)C=C=C(CCCOC(=O)c1ccccc1)c1ccc2c(c1)OCCO2. The maximum absolute atomic E-state index is 12.1. The number of carbonyl (C=O) groups excluding carboxylic acids is 1. The molecule has 2 aromatic rings. The molecule has 0 N–H and O–H groups in total. The fourth-order valence-corrected chi connectivity index (χ4v) is 2.87. The zero-order valence-corrected chi connectivity index (χ0v) is 16.4. The molecule has 4 heteroatoms. The molecular formula is C24H26O4. The molecule has 0 atom stereocenters. The van der Waals surface area contributed by atoms with E-state index < -0.39 is 0 Å². The number of esters is 1. The molecule has 2 aromatic carbocycles. The van der Waals surface area contributed by atoms with Crippen molar-refractivity contribution in [1.82, 2.24) is 0 Å². The fraction of sp³-hybridized carbons (Fsp3) is 0.333. The van der Waals surface area contributed by atoms with Gasteiger partial charge in [0.05, 0.1) is 12.2 Å². The third kappa shape index (κ3) is 5.51. The van der Waals surface area contributed by atoms with Crippen molar-refractivity contribution in [2.75, 3.05) is 19.8 Å². The molecule has 0 spiro atoms. The lowest BCUT2D eigenvalue weighted by atomic mass is 10.0. The average Bonchev–Trinajstić information content (AvgIpc) is 2.73. The van der Waals surface area contributed by atoms with Crippen molar-refractivity contribution in [2.45, 2.75) is 26.7 Å². The van der Waals surface area contributed by atoms with Gasteiger partial charge in [-0.2, -0.15) is 0 Å². The first-order chi connectivity index (χ1) is 13.6. The van der Waals surface area contributed by atoms with Gasteiger partial charge in [-0.1, -0.05) is 38.1 Å². The number of hydrogen-bond acceptors (Lipinski definition) is 4. The van der Waals surface area contributed by atoms with E-state index >= 15 is 0 Å². The zero-order chi connectivity index (χ0) is 19.8. The van der Waals surface area contributed by atoms with Crippen LogP contribution in [0.2, 0.25) is 0 Å². The van der Waals surface area contributed by atoms with Gasteiger partial charge in [0.1, 0.15) is 13.2 Å². The molecule has 0 fully saturated rings. The lowest BCUT2D eigenvalue weighted by Gasteiger charge is -2.19. The summed E-state index contributed by atoms with van der Waals surface area (Å²) in [6.07, 6.45) is 3.54. The van der Waals surface area contributed by atoms with Gasteiger partial charge in [0.15, 0.2) is 11.5 Å². The van der Waals surface area contributed by atoms with E-state index in [2.05, 4.69) is 25.7 Å². The summed E-state index contributed by atoms with van der Waals surface area (Å²) in [5, 5.41) is 0. The van der Waals surface area contributed by atoms with Crippen molar-refractivity contribution in [3.05, 3.63) is 71.5 Å². The van der Waals surface area contributed by atoms with Crippen LogP contribution in [-0.4, -0.2) is 25.8 Å². The van der Waals surface area contributed by atoms with E-state index in [4.69, 9.17) is 14.2 Å². The first-order valence-electron chi connectivity index (χ1n) is 9.71. The molecule has 0 radical (unpaired) electrons. The van der Waals surface area contributed by atoms with Crippen LogP contribution in [0.4, 0.5) is 0 Å². The number of benzene rings is 2. The van der Waals surface area contributed by atoms with Gasteiger partial charge in [0, 0.05) is 5.57 Å². The lowest BCUT2D eigenvalue weighted by molar-refractivity contribution is 0.0502. The molecule has 1 aliphatic rings. The van der Waals surface area contributed by atoms with Crippen LogP contribution < -0.4 is 9.47 Å².